The summed E-state index contributed by atoms with van der Waals surface area (Å²) in [4.78, 5) is 11.6. The van der Waals surface area contributed by atoms with E-state index in [2.05, 4.69) is 19.1 Å². The summed E-state index contributed by atoms with van der Waals surface area (Å²) < 4.78 is 10.6. The molecule has 24 heavy (non-hydrogen) atoms. The number of hydrogen-bond donors (Lipinski definition) is 0. The molecular weight excluding hydrogens is 300 g/mol. The van der Waals surface area contributed by atoms with E-state index in [0.717, 1.165) is 19.3 Å². The first-order valence-corrected chi connectivity index (χ1v) is 9.90. The van der Waals surface area contributed by atoms with Crippen LogP contribution in [-0.4, -0.2) is 25.3 Å². The van der Waals surface area contributed by atoms with E-state index in [1.54, 1.807) is 0 Å². The Kier molecular flexibility index (Phi) is 10.3. The first-order valence-electron chi connectivity index (χ1n) is 9.90. The maximum atomic E-state index is 11.6. The van der Waals surface area contributed by atoms with Crippen LogP contribution in [0.4, 0.5) is 0 Å². The molecule has 2 unspecified atom stereocenters. The van der Waals surface area contributed by atoms with Gasteiger partial charge in [0.15, 0.2) is 0 Å². The van der Waals surface area contributed by atoms with Gasteiger partial charge in [-0.05, 0) is 46.0 Å². The van der Waals surface area contributed by atoms with Gasteiger partial charge in [-0.15, -0.1) is 0 Å². The molecule has 1 fully saturated rings. The largest absolute Gasteiger partial charge is 0.469 e. The van der Waals surface area contributed by atoms with E-state index in [9.17, 15) is 4.79 Å². The van der Waals surface area contributed by atoms with Crippen LogP contribution in [0.15, 0.2) is 12.2 Å². The molecule has 1 saturated heterocycles. The molecule has 140 valence electrons. The normalized spacial score (nSPS) is 20.5. The van der Waals surface area contributed by atoms with E-state index >= 15 is 0 Å². The Morgan fingerprint density at radius 2 is 1.79 bits per heavy atom. The standard InChI is InChI=1S/C21H38O3/c1-5-6-7-8-9-12-15-18-19(24-18)16-13-10-11-14-17-21(2,3)20(22)23-4/h9,12,18-19H,5-8,10-11,13-17H2,1-4H3/b12-9-. The summed E-state index contributed by atoms with van der Waals surface area (Å²) in [7, 11) is 1.47. The van der Waals surface area contributed by atoms with E-state index < -0.39 is 0 Å². The molecule has 0 bridgehead atoms. The Hall–Kier alpha value is -0.830. The van der Waals surface area contributed by atoms with E-state index in [1.165, 1.54) is 58.5 Å². The van der Waals surface area contributed by atoms with E-state index in [4.69, 9.17) is 9.47 Å². The van der Waals surface area contributed by atoms with Crippen molar-refractivity contribution in [3.05, 3.63) is 12.2 Å². The topological polar surface area (TPSA) is 38.8 Å². The van der Waals surface area contributed by atoms with Crippen LogP contribution in [-0.2, 0) is 14.3 Å². The average Bonchev–Trinajstić information content (AvgIpc) is 3.31. The highest BCUT2D eigenvalue weighted by molar-refractivity contribution is 5.75. The van der Waals surface area contributed by atoms with Crippen LogP contribution in [0.1, 0.15) is 91.4 Å². The van der Waals surface area contributed by atoms with Gasteiger partial charge in [-0.2, -0.15) is 0 Å². The molecule has 0 radical (unpaired) electrons. The Morgan fingerprint density at radius 3 is 2.50 bits per heavy atom. The van der Waals surface area contributed by atoms with Crippen molar-refractivity contribution in [2.24, 2.45) is 5.41 Å². The molecule has 1 rings (SSSR count). The second kappa shape index (κ2) is 11.7. The number of carbonyl (C=O) groups is 1. The molecule has 0 aromatic carbocycles. The Bertz CT molecular complexity index is 373. The minimum Gasteiger partial charge on any atom is -0.469 e. The lowest BCUT2D eigenvalue weighted by molar-refractivity contribution is -0.151. The highest BCUT2D eigenvalue weighted by atomic mass is 16.6. The van der Waals surface area contributed by atoms with Crippen molar-refractivity contribution in [1.29, 1.82) is 0 Å². The number of rotatable bonds is 14. The smallest absolute Gasteiger partial charge is 0.311 e. The van der Waals surface area contributed by atoms with Crippen LogP contribution in [0.2, 0.25) is 0 Å². The van der Waals surface area contributed by atoms with Crippen LogP contribution in [0, 0.1) is 5.41 Å². The first kappa shape index (κ1) is 21.2. The second-order valence-electron chi connectivity index (χ2n) is 7.74. The number of allylic oxidation sites excluding steroid dienone is 1. The zero-order valence-corrected chi connectivity index (χ0v) is 16.3. The average molecular weight is 339 g/mol. The molecule has 1 heterocycles. The first-order chi connectivity index (χ1) is 11.5. The molecule has 0 spiro atoms. The highest BCUT2D eigenvalue weighted by Gasteiger charge is 2.36. The minimum atomic E-state index is -0.344. The predicted octanol–water partition coefficient (Wildman–Crippen LogP) is 5.82. The van der Waals surface area contributed by atoms with Crippen molar-refractivity contribution in [3.63, 3.8) is 0 Å². The fraction of sp³-hybridized carbons (Fsp3) is 0.857. The summed E-state index contributed by atoms with van der Waals surface area (Å²) in [6.07, 6.45) is 18.7. The fourth-order valence-corrected chi connectivity index (χ4v) is 3.15. The van der Waals surface area contributed by atoms with Gasteiger partial charge >= 0.3 is 5.97 Å². The fourth-order valence-electron chi connectivity index (χ4n) is 3.15. The SMILES string of the molecule is CCCCC/C=C\CC1OC1CCCCCCC(C)(C)C(=O)OC. The maximum absolute atomic E-state index is 11.6. The monoisotopic (exact) mass is 338 g/mol. The zero-order valence-electron chi connectivity index (χ0n) is 16.3. The van der Waals surface area contributed by atoms with Crippen LogP contribution in [0.5, 0.6) is 0 Å². The van der Waals surface area contributed by atoms with Crippen molar-refractivity contribution < 1.29 is 14.3 Å². The Labute approximate surface area is 149 Å². The number of hydrogen-bond acceptors (Lipinski definition) is 3. The van der Waals surface area contributed by atoms with Crippen molar-refractivity contribution >= 4 is 5.97 Å². The zero-order chi connectivity index (χ0) is 17.8. The number of methoxy groups -OCH3 is 1. The van der Waals surface area contributed by atoms with E-state index in [0.29, 0.717) is 12.2 Å². The highest BCUT2D eigenvalue weighted by Crippen LogP contribution is 2.31. The molecule has 0 N–H and O–H groups in total. The molecule has 2 atom stereocenters. The predicted molar refractivity (Wildman–Crippen MR) is 100 cm³/mol. The minimum absolute atomic E-state index is 0.0977. The Morgan fingerprint density at radius 1 is 1.04 bits per heavy atom. The lowest BCUT2D eigenvalue weighted by Crippen LogP contribution is -2.25. The van der Waals surface area contributed by atoms with Gasteiger partial charge in [0.05, 0.1) is 24.7 Å². The molecule has 3 nitrogen and oxygen atoms in total. The molecule has 1 aliphatic heterocycles. The van der Waals surface area contributed by atoms with Crippen LogP contribution < -0.4 is 0 Å². The van der Waals surface area contributed by atoms with Gasteiger partial charge < -0.3 is 9.47 Å². The number of carbonyl (C=O) groups excluding carboxylic acids is 1. The lowest BCUT2D eigenvalue weighted by Gasteiger charge is -2.20. The van der Waals surface area contributed by atoms with Crippen LogP contribution in [0.25, 0.3) is 0 Å². The van der Waals surface area contributed by atoms with Gasteiger partial charge in [-0.25, -0.2) is 0 Å². The van der Waals surface area contributed by atoms with Crippen molar-refractivity contribution in [2.45, 2.75) is 104 Å². The third kappa shape index (κ3) is 8.86. The van der Waals surface area contributed by atoms with Gasteiger partial charge in [0.1, 0.15) is 0 Å². The van der Waals surface area contributed by atoms with Crippen molar-refractivity contribution in [3.8, 4) is 0 Å². The van der Waals surface area contributed by atoms with Gasteiger partial charge in [0, 0.05) is 0 Å². The molecule has 1 aliphatic rings. The van der Waals surface area contributed by atoms with Crippen molar-refractivity contribution in [2.75, 3.05) is 7.11 Å². The van der Waals surface area contributed by atoms with Crippen LogP contribution >= 0.6 is 0 Å². The summed E-state index contributed by atoms with van der Waals surface area (Å²) in [6.45, 7) is 6.18. The summed E-state index contributed by atoms with van der Waals surface area (Å²) in [5.41, 5.74) is -0.344. The van der Waals surface area contributed by atoms with Gasteiger partial charge in [-0.1, -0.05) is 57.6 Å². The van der Waals surface area contributed by atoms with Crippen molar-refractivity contribution in [1.82, 2.24) is 0 Å². The summed E-state index contributed by atoms with van der Waals surface area (Å²) in [5.74, 6) is -0.0977. The summed E-state index contributed by atoms with van der Waals surface area (Å²) in [6, 6.07) is 0. The quantitative estimate of drug-likeness (QED) is 0.173. The molecule has 0 saturated carbocycles. The lowest BCUT2D eigenvalue weighted by atomic mass is 9.87. The molecule has 0 aromatic heterocycles. The number of esters is 1. The van der Waals surface area contributed by atoms with E-state index in [-0.39, 0.29) is 11.4 Å². The molecule has 0 aromatic rings. The van der Waals surface area contributed by atoms with Gasteiger partial charge in [-0.3, -0.25) is 4.79 Å². The summed E-state index contributed by atoms with van der Waals surface area (Å²) >= 11 is 0. The molecule has 3 heteroatoms. The van der Waals surface area contributed by atoms with Gasteiger partial charge in [0.2, 0.25) is 0 Å². The number of epoxide rings is 1. The maximum Gasteiger partial charge on any atom is 0.311 e. The van der Waals surface area contributed by atoms with Crippen LogP contribution in [0.3, 0.4) is 0 Å². The number of ether oxygens (including phenoxy) is 2. The Balaban J connectivity index is 1.94. The summed E-state index contributed by atoms with van der Waals surface area (Å²) in [5, 5.41) is 0. The van der Waals surface area contributed by atoms with Gasteiger partial charge in [0.25, 0.3) is 0 Å². The second-order valence-corrected chi connectivity index (χ2v) is 7.74. The molecule has 0 amide bonds. The number of unbranched alkanes of at least 4 members (excludes halogenated alkanes) is 6. The van der Waals surface area contributed by atoms with E-state index in [1.807, 2.05) is 13.8 Å². The molecule has 0 aliphatic carbocycles. The third-order valence-electron chi connectivity index (χ3n) is 4.98. The third-order valence-corrected chi connectivity index (χ3v) is 4.98. The molecular formula is C21H38O3.